The van der Waals surface area contributed by atoms with Crippen LogP contribution in [0.25, 0.3) is 0 Å². The summed E-state index contributed by atoms with van der Waals surface area (Å²) in [7, 11) is 0. The van der Waals surface area contributed by atoms with E-state index >= 15 is 0 Å². The molecule has 6 heteroatoms. The molecule has 1 saturated heterocycles. The van der Waals surface area contributed by atoms with Gasteiger partial charge in [0.2, 0.25) is 5.91 Å². The van der Waals surface area contributed by atoms with Crippen molar-refractivity contribution in [3.63, 3.8) is 0 Å². The highest BCUT2D eigenvalue weighted by molar-refractivity contribution is 5.85. The lowest BCUT2D eigenvalue weighted by Crippen LogP contribution is -2.42. The zero-order valence-electron chi connectivity index (χ0n) is 14.6. The fourth-order valence-electron chi connectivity index (χ4n) is 3.03. The van der Waals surface area contributed by atoms with Crippen LogP contribution in [0.15, 0.2) is 0 Å². The maximum atomic E-state index is 11.9. The van der Waals surface area contributed by atoms with E-state index in [2.05, 4.69) is 43.2 Å². The molecule has 0 aromatic heterocycles. The van der Waals surface area contributed by atoms with Crippen LogP contribution in [0.2, 0.25) is 0 Å². The number of piperidine rings is 1. The van der Waals surface area contributed by atoms with Gasteiger partial charge in [0.15, 0.2) is 0 Å². The van der Waals surface area contributed by atoms with Crippen molar-refractivity contribution in [3.05, 3.63) is 0 Å². The number of rotatable bonds is 8. The predicted molar refractivity (Wildman–Crippen MR) is 99.3 cm³/mol. The van der Waals surface area contributed by atoms with Gasteiger partial charge in [-0.1, -0.05) is 0 Å². The van der Waals surface area contributed by atoms with Crippen molar-refractivity contribution >= 4 is 30.7 Å². The number of carbonyl (C=O) groups excluding carboxylic acids is 1. The second-order valence-corrected chi connectivity index (χ2v) is 6.51. The number of amides is 1. The molecule has 0 bridgehead atoms. The van der Waals surface area contributed by atoms with Gasteiger partial charge in [-0.25, -0.2) is 0 Å². The van der Waals surface area contributed by atoms with Crippen molar-refractivity contribution in [1.29, 1.82) is 0 Å². The van der Waals surface area contributed by atoms with Crippen LogP contribution in [-0.4, -0.2) is 49.1 Å². The topological polar surface area (TPSA) is 44.4 Å². The van der Waals surface area contributed by atoms with Gasteiger partial charge < -0.3 is 10.6 Å². The molecule has 0 aliphatic carbocycles. The molecule has 1 fully saturated rings. The molecule has 1 heterocycles. The van der Waals surface area contributed by atoms with Gasteiger partial charge in [0.05, 0.1) is 0 Å². The Morgan fingerprint density at radius 3 is 2.18 bits per heavy atom. The van der Waals surface area contributed by atoms with Crippen LogP contribution in [-0.2, 0) is 4.79 Å². The number of nitrogens with zero attached hydrogens (tertiary/aromatic N) is 1. The molecule has 22 heavy (non-hydrogen) atoms. The smallest absolute Gasteiger partial charge is 0.220 e. The molecule has 0 unspecified atom stereocenters. The summed E-state index contributed by atoms with van der Waals surface area (Å²) < 4.78 is 0. The lowest BCUT2D eigenvalue weighted by Gasteiger charge is -2.30. The predicted octanol–water partition coefficient (Wildman–Crippen LogP) is 2.84. The van der Waals surface area contributed by atoms with Crippen molar-refractivity contribution in [1.82, 2.24) is 15.5 Å². The molecule has 0 radical (unpaired) electrons. The summed E-state index contributed by atoms with van der Waals surface area (Å²) in [6.45, 7) is 12.8. The largest absolute Gasteiger partial charge is 0.355 e. The van der Waals surface area contributed by atoms with E-state index in [1.807, 2.05) is 0 Å². The highest BCUT2D eigenvalue weighted by Gasteiger charge is 2.15. The molecule has 0 aromatic rings. The van der Waals surface area contributed by atoms with Crippen LogP contribution in [0.3, 0.4) is 0 Å². The number of carbonyl (C=O) groups is 1. The summed E-state index contributed by atoms with van der Waals surface area (Å²) in [4.78, 5) is 14.3. The first-order valence-electron chi connectivity index (χ1n) is 8.24. The molecule has 0 aromatic carbocycles. The molecule has 1 rings (SSSR count). The number of hydrogen-bond acceptors (Lipinski definition) is 3. The van der Waals surface area contributed by atoms with Crippen LogP contribution in [0.4, 0.5) is 0 Å². The molecule has 1 amide bonds. The molecule has 0 atom stereocenters. The standard InChI is InChI=1S/C16H33N3O.2ClH/c1-13(2)19(14(3)4)12-11-18-16(20)6-5-15-7-9-17-10-8-15;;/h13-15,17H,5-12H2,1-4H3,(H,18,20);2*1H. The van der Waals surface area contributed by atoms with Gasteiger partial charge in [-0.2, -0.15) is 0 Å². The third-order valence-corrected chi connectivity index (χ3v) is 4.26. The Hall–Kier alpha value is -0.0300. The van der Waals surface area contributed by atoms with Gasteiger partial charge in [-0.05, 0) is 66.0 Å². The number of halogens is 2. The summed E-state index contributed by atoms with van der Waals surface area (Å²) in [6.07, 6.45) is 4.18. The van der Waals surface area contributed by atoms with Crippen molar-refractivity contribution in [3.8, 4) is 0 Å². The first-order valence-corrected chi connectivity index (χ1v) is 8.24. The van der Waals surface area contributed by atoms with E-state index in [4.69, 9.17) is 0 Å². The normalized spacial score (nSPS) is 15.6. The maximum absolute atomic E-state index is 11.9. The number of hydrogen-bond donors (Lipinski definition) is 2. The highest BCUT2D eigenvalue weighted by Crippen LogP contribution is 2.17. The zero-order valence-corrected chi connectivity index (χ0v) is 16.2. The third kappa shape index (κ3) is 9.88. The summed E-state index contributed by atoms with van der Waals surface area (Å²) in [5.74, 6) is 0.959. The third-order valence-electron chi connectivity index (χ3n) is 4.26. The van der Waals surface area contributed by atoms with Crippen LogP contribution < -0.4 is 10.6 Å². The molecule has 1 aliphatic heterocycles. The zero-order chi connectivity index (χ0) is 15.0. The average molecular weight is 356 g/mol. The van der Waals surface area contributed by atoms with Crippen LogP contribution in [0.1, 0.15) is 53.4 Å². The molecule has 0 saturated carbocycles. The maximum Gasteiger partial charge on any atom is 0.220 e. The monoisotopic (exact) mass is 355 g/mol. The second-order valence-electron chi connectivity index (χ2n) is 6.51. The Morgan fingerprint density at radius 2 is 1.68 bits per heavy atom. The van der Waals surface area contributed by atoms with E-state index in [0.717, 1.165) is 38.5 Å². The van der Waals surface area contributed by atoms with Crippen LogP contribution in [0.5, 0.6) is 0 Å². The van der Waals surface area contributed by atoms with Crippen LogP contribution in [0, 0.1) is 5.92 Å². The van der Waals surface area contributed by atoms with Gasteiger partial charge in [0.1, 0.15) is 0 Å². The molecular formula is C16H35Cl2N3O. The second kappa shape index (κ2) is 13.4. The van der Waals surface area contributed by atoms with E-state index in [1.54, 1.807) is 0 Å². The van der Waals surface area contributed by atoms with Crippen molar-refractivity contribution < 1.29 is 4.79 Å². The minimum absolute atomic E-state index is 0. The fourth-order valence-corrected chi connectivity index (χ4v) is 3.03. The Balaban J connectivity index is 0. The molecule has 1 aliphatic rings. The van der Waals surface area contributed by atoms with Crippen molar-refractivity contribution in [2.45, 2.75) is 65.5 Å². The number of nitrogens with one attached hydrogen (secondary N) is 2. The summed E-state index contributed by atoms with van der Waals surface area (Å²) >= 11 is 0. The van der Waals surface area contributed by atoms with Gasteiger partial charge in [0, 0.05) is 31.6 Å². The Morgan fingerprint density at radius 1 is 1.14 bits per heavy atom. The van der Waals surface area contributed by atoms with Crippen LogP contribution >= 0.6 is 24.8 Å². The van der Waals surface area contributed by atoms with E-state index in [9.17, 15) is 4.79 Å². The first kappa shape index (κ1) is 24.2. The molecule has 4 nitrogen and oxygen atoms in total. The minimum Gasteiger partial charge on any atom is -0.355 e. The van der Waals surface area contributed by atoms with Gasteiger partial charge in [-0.15, -0.1) is 24.8 Å². The summed E-state index contributed by atoms with van der Waals surface area (Å²) in [5, 5.41) is 6.43. The van der Waals surface area contributed by atoms with E-state index in [0.29, 0.717) is 18.5 Å². The molecule has 2 N–H and O–H groups in total. The lowest BCUT2D eigenvalue weighted by atomic mass is 9.93. The Bertz CT molecular complexity index is 275. The molecule has 134 valence electrons. The van der Waals surface area contributed by atoms with Gasteiger partial charge >= 0.3 is 0 Å². The average Bonchev–Trinajstić information content (AvgIpc) is 2.41. The summed E-state index contributed by atoms with van der Waals surface area (Å²) in [5.41, 5.74) is 0. The van der Waals surface area contributed by atoms with E-state index in [-0.39, 0.29) is 30.7 Å². The van der Waals surface area contributed by atoms with E-state index < -0.39 is 0 Å². The SMILES string of the molecule is CC(C)N(CCNC(=O)CCC1CCNCC1)C(C)C.Cl.Cl. The van der Waals surface area contributed by atoms with Gasteiger partial charge in [0.25, 0.3) is 0 Å². The minimum atomic E-state index is 0. The molecule has 0 spiro atoms. The van der Waals surface area contributed by atoms with E-state index in [1.165, 1.54) is 12.8 Å². The summed E-state index contributed by atoms with van der Waals surface area (Å²) in [6, 6.07) is 1.06. The Kier molecular flexibility index (Phi) is 14.8. The fraction of sp³-hybridized carbons (Fsp3) is 0.938. The van der Waals surface area contributed by atoms with Gasteiger partial charge in [-0.3, -0.25) is 9.69 Å². The Labute approximate surface area is 149 Å². The lowest BCUT2D eigenvalue weighted by molar-refractivity contribution is -0.121. The highest BCUT2D eigenvalue weighted by atomic mass is 35.5. The quantitative estimate of drug-likeness (QED) is 0.703. The molecular weight excluding hydrogens is 321 g/mol. The van der Waals surface area contributed by atoms with Crippen molar-refractivity contribution in [2.24, 2.45) is 5.92 Å². The first-order chi connectivity index (χ1) is 9.50. The van der Waals surface area contributed by atoms with Crippen molar-refractivity contribution in [2.75, 3.05) is 26.2 Å².